The second-order valence-corrected chi connectivity index (χ2v) is 4.83. The maximum absolute atomic E-state index is 4.05. The van der Waals surface area contributed by atoms with Gasteiger partial charge in [-0.3, -0.25) is 0 Å². The van der Waals surface area contributed by atoms with Gasteiger partial charge in [0.25, 0.3) is 0 Å². The van der Waals surface area contributed by atoms with Crippen LogP contribution < -0.4 is 5.32 Å². The molecular formula is C12H17N3. The zero-order valence-electron chi connectivity index (χ0n) is 8.89. The standard InChI is InChI=1S/C12H17N3/c1-2-12(15-14-7-1)13-8-11(9-3-4-9)10-5-6-10/h1-2,7,9-11H,3-6,8H2,(H,13,15). The average Bonchev–Trinajstić information content (AvgIpc) is 3.14. The summed E-state index contributed by atoms with van der Waals surface area (Å²) < 4.78 is 0. The van der Waals surface area contributed by atoms with E-state index in [1.54, 1.807) is 6.20 Å². The number of rotatable bonds is 5. The van der Waals surface area contributed by atoms with Gasteiger partial charge in [0.15, 0.2) is 0 Å². The minimum absolute atomic E-state index is 0.895. The van der Waals surface area contributed by atoms with Gasteiger partial charge in [0.1, 0.15) is 5.82 Å². The topological polar surface area (TPSA) is 37.8 Å². The van der Waals surface area contributed by atoms with E-state index in [2.05, 4.69) is 15.5 Å². The van der Waals surface area contributed by atoms with Gasteiger partial charge in [-0.1, -0.05) is 0 Å². The minimum atomic E-state index is 0.895. The van der Waals surface area contributed by atoms with Crippen molar-refractivity contribution in [3.63, 3.8) is 0 Å². The molecule has 0 spiro atoms. The number of hydrogen-bond acceptors (Lipinski definition) is 3. The molecule has 0 unspecified atom stereocenters. The Hall–Kier alpha value is -1.12. The molecule has 2 saturated carbocycles. The Bertz CT molecular complexity index is 305. The van der Waals surface area contributed by atoms with Crippen LogP contribution in [0.2, 0.25) is 0 Å². The third-order valence-corrected chi connectivity index (χ3v) is 3.55. The zero-order chi connectivity index (χ0) is 10.1. The second-order valence-electron chi connectivity index (χ2n) is 4.83. The van der Waals surface area contributed by atoms with Gasteiger partial charge in [-0.2, -0.15) is 5.10 Å². The van der Waals surface area contributed by atoms with Crippen molar-refractivity contribution in [1.82, 2.24) is 10.2 Å². The first kappa shape index (κ1) is 9.13. The highest BCUT2D eigenvalue weighted by molar-refractivity contribution is 5.31. The Morgan fingerprint density at radius 1 is 1.27 bits per heavy atom. The highest BCUT2D eigenvalue weighted by atomic mass is 15.2. The molecule has 1 N–H and O–H groups in total. The van der Waals surface area contributed by atoms with Crippen LogP contribution in [0, 0.1) is 17.8 Å². The largest absolute Gasteiger partial charge is 0.368 e. The SMILES string of the molecule is c1cnnc(NCC(C2CC2)C2CC2)c1. The lowest BCUT2D eigenvalue weighted by Gasteiger charge is -2.16. The van der Waals surface area contributed by atoms with Crippen molar-refractivity contribution in [3.8, 4) is 0 Å². The lowest BCUT2D eigenvalue weighted by Crippen LogP contribution is -2.18. The third-order valence-electron chi connectivity index (χ3n) is 3.55. The maximum atomic E-state index is 4.05. The zero-order valence-corrected chi connectivity index (χ0v) is 8.89. The maximum Gasteiger partial charge on any atom is 0.148 e. The van der Waals surface area contributed by atoms with Crippen molar-refractivity contribution in [2.45, 2.75) is 25.7 Å². The van der Waals surface area contributed by atoms with Crippen LogP contribution in [0.4, 0.5) is 5.82 Å². The Balaban J connectivity index is 1.55. The summed E-state index contributed by atoms with van der Waals surface area (Å²) in [5, 5.41) is 11.3. The van der Waals surface area contributed by atoms with Crippen LogP contribution in [-0.4, -0.2) is 16.7 Å². The van der Waals surface area contributed by atoms with Gasteiger partial charge < -0.3 is 5.32 Å². The van der Waals surface area contributed by atoms with Crippen LogP contribution in [0.3, 0.4) is 0 Å². The predicted octanol–water partition coefficient (Wildman–Crippen LogP) is 2.32. The van der Waals surface area contributed by atoms with Gasteiger partial charge in [-0.05, 0) is 55.6 Å². The van der Waals surface area contributed by atoms with Gasteiger partial charge in [-0.15, -0.1) is 5.10 Å². The summed E-state index contributed by atoms with van der Waals surface area (Å²) in [6.07, 6.45) is 7.50. The number of hydrogen-bond donors (Lipinski definition) is 1. The van der Waals surface area contributed by atoms with Crippen molar-refractivity contribution in [2.24, 2.45) is 17.8 Å². The quantitative estimate of drug-likeness (QED) is 0.798. The van der Waals surface area contributed by atoms with E-state index >= 15 is 0 Å². The van der Waals surface area contributed by atoms with E-state index in [4.69, 9.17) is 0 Å². The smallest absolute Gasteiger partial charge is 0.148 e. The average molecular weight is 203 g/mol. The summed E-state index contributed by atoms with van der Waals surface area (Å²) in [5.74, 6) is 3.82. The molecule has 0 amide bonds. The van der Waals surface area contributed by atoms with Gasteiger partial charge in [0.05, 0.1) is 0 Å². The highest BCUT2D eigenvalue weighted by Crippen LogP contribution is 2.49. The molecule has 0 saturated heterocycles. The molecule has 0 radical (unpaired) electrons. The fourth-order valence-electron chi connectivity index (χ4n) is 2.39. The van der Waals surface area contributed by atoms with Gasteiger partial charge in [0.2, 0.25) is 0 Å². The molecule has 0 bridgehead atoms. The summed E-state index contributed by atoms with van der Waals surface area (Å²) in [4.78, 5) is 0. The first-order valence-electron chi connectivity index (χ1n) is 5.95. The third kappa shape index (κ3) is 2.28. The molecule has 15 heavy (non-hydrogen) atoms. The molecule has 1 heterocycles. The van der Waals surface area contributed by atoms with E-state index in [1.165, 1.54) is 25.7 Å². The van der Waals surface area contributed by atoms with Crippen LogP contribution in [-0.2, 0) is 0 Å². The molecule has 1 aromatic heterocycles. The van der Waals surface area contributed by atoms with Crippen LogP contribution in [0.15, 0.2) is 18.3 Å². The summed E-state index contributed by atoms with van der Waals surface area (Å²) in [5.41, 5.74) is 0. The highest BCUT2D eigenvalue weighted by Gasteiger charge is 2.40. The van der Waals surface area contributed by atoms with Crippen LogP contribution in [0.25, 0.3) is 0 Å². The normalized spacial score (nSPS) is 20.6. The summed E-state index contributed by atoms with van der Waals surface area (Å²) in [7, 11) is 0. The Morgan fingerprint density at radius 3 is 2.53 bits per heavy atom. The monoisotopic (exact) mass is 203 g/mol. The van der Waals surface area contributed by atoms with Gasteiger partial charge >= 0.3 is 0 Å². The molecule has 1 aromatic rings. The van der Waals surface area contributed by atoms with Crippen LogP contribution in [0.1, 0.15) is 25.7 Å². The molecular weight excluding hydrogens is 186 g/mol. The fourth-order valence-corrected chi connectivity index (χ4v) is 2.39. The number of nitrogens with one attached hydrogen (secondary N) is 1. The Morgan fingerprint density at radius 2 is 2.00 bits per heavy atom. The molecule has 3 heteroatoms. The van der Waals surface area contributed by atoms with E-state index in [9.17, 15) is 0 Å². The van der Waals surface area contributed by atoms with E-state index in [0.29, 0.717) is 0 Å². The number of aromatic nitrogens is 2. The molecule has 0 aliphatic heterocycles. The van der Waals surface area contributed by atoms with Crippen molar-refractivity contribution >= 4 is 5.82 Å². The number of anilines is 1. The first-order valence-corrected chi connectivity index (χ1v) is 5.95. The van der Waals surface area contributed by atoms with Crippen molar-refractivity contribution < 1.29 is 0 Å². The van der Waals surface area contributed by atoms with E-state index in [-0.39, 0.29) is 0 Å². The summed E-state index contributed by atoms with van der Waals surface area (Å²) in [6, 6.07) is 3.92. The first-order chi connectivity index (χ1) is 7.43. The summed E-state index contributed by atoms with van der Waals surface area (Å²) in [6.45, 7) is 1.09. The van der Waals surface area contributed by atoms with Crippen LogP contribution in [0.5, 0.6) is 0 Å². The molecule has 0 aromatic carbocycles. The van der Waals surface area contributed by atoms with Gasteiger partial charge in [-0.25, -0.2) is 0 Å². The molecule has 3 rings (SSSR count). The van der Waals surface area contributed by atoms with Crippen molar-refractivity contribution in [1.29, 1.82) is 0 Å². The van der Waals surface area contributed by atoms with E-state index in [1.807, 2.05) is 12.1 Å². The summed E-state index contributed by atoms with van der Waals surface area (Å²) >= 11 is 0. The van der Waals surface area contributed by atoms with Crippen molar-refractivity contribution in [3.05, 3.63) is 18.3 Å². The van der Waals surface area contributed by atoms with E-state index in [0.717, 1.165) is 30.1 Å². The molecule has 3 nitrogen and oxygen atoms in total. The molecule has 80 valence electrons. The second kappa shape index (κ2) is 3.80. The molecule has 2 aliphatic rings. The van der Waals surface area contributed by atoms with Gasteiger partial charge in [0, 0.05) is 12.7 Å². The number of nitrogens with zero attached hydrogens (tertiary/aromatic N) is 2. The fraction of sp³-hybridized carbons (Fsp3) is 0.667. The molecule has 2 fully saturated rings. The predicted molar refractivity (Wildman–Crippen MR) is 59.5 cm³/mol. The lowest BCUT2D eigenvalue weighted by atomic mass is 9.98. The molecule has 2 aliphatic carbocycles. The minimum Gasteiger partial charge on any atom is -0.368 e. The van der Waals surface area contributed by atoms with E-state index < -0.39 is 0 Å². The van der Waals surface area contributed by atoms with Crippen molar-refractivity contribution in [2.75, 3.05) is 11.9 Å². The Labute approximate surface area is 90.3 Å². The molecule has 0 atom stereocenters. The lowest BCUT2D eigenvalue weighted by molar-refractivity contribution is 0.427. The Kier molecular flexibility index (Phi) is 2.31. The van der Waals surface area contributed by atoms with Crippen LogP contribution >= 0.6 is 0 Å².